The molecule has 109 heavy (non-hydrogen) atoms. The van der Waals surface area contributed by atoms with Crippen LogP contribution < -0.4 is 24.8 Å². The highest BCUT2D eigenvalue weighted by Crippen LogP contribution is 2.55. The topological polar surface area (TPSA) is 484 Å². The van der Waals surface area contributed by atoms with Gasteiger partial charge in [-0.15, -0.1) is 0 Å². The summed E-state index contributed by atoms with van der Waals surface area (Å²) in [7, 11) is 2.65. The number of aliphatic hydroxyl groups excluding tert-OH is 7. The van der Waals surface area contributed by atoms with E-state index in [1.54, 1.807) is 64.1 Å². The third-order valence-electron chi connectivity index (χ3n) is 21.2. The lowest BCUT2D eigenvalue weighted by Crippen LogP contribution is -2.60. The summed E-state index contributed by atoms with van der Waals surface area (Å²) < 4.78 is 46.5. The summed E-state index contributed by atoms with van der Waals surface area (Å²) in [5.41, 5.74) is -4.17. The van der Waals surface area contributed by atoms with Crippen molar-refractivity contribution in [2.24, 2.45) is 0 Å². The Morgan fingerprint density at radius 3 is 1.40 bits per heavy atom. The molecule has 30 heteroatoms. The maximum absolute atomic E-state index is 14.0. The zero-order valence-electron chi connectivity index (χ0n) is 58.6. The molecule has 16 N–H and O–H groups in total. The third kappa shape index (κ3) is 15.3. The van der Waals surface area contributed by atoms with Crippen LogP contribution in [0.25, 0.3) is 0 Å². The summed E-state index contributed by atoms with van der Waals surface area (Å²) >= 11 is 0. The molecule has 4 aliphatic carbocycles. The molecule has 0 amide bonds. The van der Waals surface area contributed by atoms with Crippen LogP contribution in [0.3, 0.4) is 0 Å². The van der Waals surface area contributed by atoms with E-state index in [4.69, 9.17) is 37.9 Å². The number of hydrogen-bond acceptors (Lipinski definition) is 30. The summed E-state index contributed by atoms with van der Waals surface area (Å²) in [4.78, 5) is 81.0. The number of carbonyl (C=O) groups is 6. The number of hydrogen-bond donors (Lipinski definition) is 16. The number of Topliss-reactive ketones (excluding diaryl/α,β-unsaturated/α-hetero) is 2. The minimum Gasteiger partial charge on any atom is -0.508 e. The van der Waals surface area contributed by atoms with E-state index in [0.717, 1.165) is 11.1 Å². The van der Waals surface area contributed by atoms with Gasteiger partial charge in [0.1, 0.15) is 88.2 Å². The lowest BCUT2D eigenvalue weighted by Gasteiger charge is -2.43. The lowest BCUT2D eigenvalue weighted by atomic mass is 9.72. The van der Waals surface area contributed by atoms with E-state index in [1.165, 1.54) is 57.5 Å². The van der Waals surface area contributed by atoms with Gasteiger partial charge in [0.2, 0.25) is 17.9 Å². The van der Waals surface area contributed by atoms with Gasteiger partial charge in [-0.05, 0) is 81.1 Å². The van der Waals surface area contributed by atoms with Gasteiger partial charge >= 0.3 is 0 Å². The normalized spacial score (nSPS) is 28.6. The summed E-state index contributed by atoms with van der Waals surface area (Å²) in [5.74, 6) is -6.78. The molecule has 3 fully saturated rings. The number of ketones is 6. The molecule has 5 unspecified atom stereocenters. The van der Waals surface area contributed by atoms with Gasteiger partial charge in [-0.1, -0.05) is 70.8 Å². The molecule has 6 aromatic carbocycles. The van der Waals surface area contributed by atoms with Crippen LogP contribution in [-0.4, -0.2) is 225 Å². The summed E-state index contributed by atoms with van der Waals surface area (Å²) in [6.45, 7) is 6.87. The number of rotatable bonds is 18. The fourth-order valence-corrected chi connectivity index (χ4v) is 15.3. The van der Waals surface area contributed by atoms with Crippen LogP contribution in [0.4, 0.5) is 0 Å². The summed E-state index contributed by atoms with van der Waals surface area (Å²) in [6, 6.07) is 17.8. The van der Waals surface area contributed by atoms with Crippen LogP contribution in [0.1, 0.15) is 189 Å². The molecular formula is C79H96N2O28. The van der Waals surface area contributed by atoms with Crippen molar-refractivity contribution in [1.82, 2.24) is 10.6 Å². The second-order valence-electron chi connectivity index (χ2n) is 28.0. The zero-order chi connectivity index (χ0) is 76.6. The number of carbonyl (C=O) groups excluding carboxylic acids is 6. The Labute approximate surface area is 627 Å². The van der Waals surface area contributed by atoms with E-state index >= 15 is 0 Å². The summed E-state index contributed by atoms with van der Waals surface area (Å²) in [5, 5.41) is 158. The molecule has 3 heterocycles. The number of ether oxygens (including phenoxy) is 8. The van der Waals surface area contributed by atoms with Gasteiger partial charge in [0.15, 0.2) is 35.7 Å². The Bertz CT molecular complexity index is 4500. The molecule has 17 atom stereocenters. The van der Waals surface area contributed by atoms with Crippen LogP contribution in [0, 0.1) is 13.8 Å². The predicted octanol–water partition coefficient (Wildman–Crippen LogP) is 4.10. The number of methoxy groups -OCH3 is 2. The van der Waals surface area contributed by atoms with Crippen molar-refractivity contribution in [3.05, 3.63) is 162 Å². The van der Waals surface area contributed by atoms with Gasteiger partial charge in [0, 0.05) is 97.1 Å². The molecule has 0 radical (unpaired) electrons. The highest BCUT2D eigenvalue weighted by atomic mass is 16.7. The van der Waals surface area contributed by atoms with Crippen molar-refractivity contribution in [3.63, 3.8) is 0 Å². The second kappa shape index (κ2) is 33.0. The van der Waals surface area contributed by atoms with Crippen LogP contribution in [0.15, 0.2) is 72.8 Å². The number of phenols is 5. The minimum atomic E-state index is -2.28. The molecule has 590 valence electrons. The fourth-order valence-electron chi connectivity index (χ4n) is 15.3. The molecule has 13 rings (SSSR count). The smallest absolute Gasteiger partial charge is 0.229 e. The Morgan fingerprint density at radius 2 is 0.972 bits per heavy atom. The van der Waals surface area contributed by atoms with E-state index in [0.29, 0.717) is 23.4 Å². The molecule has 6 aromatic rings. The van der Waals surface area contributed by atoms with Crippen molar-refractivity contribution in [3.8, 4) is 46.0 Å². The number of aromatic hydroxyl groups is 5. The van der Waals surface area contributed by atoms with Crippen LogP contribution >= 0.6 is 0 Å². The minimum absolute atomic E-state index is 0. The average molecular weight is 1520 g/mol. The van der Waals surface area contributed by atoms with Crippen molar-refractivity contribution in [2.75, 3.05) is 27.4 Å². The van der Waals surface area contributed by atoms with E-state index in [1.807, 2.05) is 0 Å². The fraction of sp³-hybridized carbons (Fsp3) is 0.468. The zero-order valence-corrected chi connectivity index (χ0v) is 58.6. The maximum atomic E-state index is 14.0. The highest BCUT2D eigenvalue weighted by Gasteiger charge is 2.53. The standard InChI is InChI=1S/C41H47NO16.C35H37NO12.3CH4/c1-16-10-19(8-9-23(16)57-40-39(52)38(51)35(48)26(15-43)58-40)14-42-22-11-27(55-17(2)32(22)45)56-25-13-41(53,18(3)44)12-21-29(25)37(50)31-30(34(21)47)33(46)20-6-5-7-24(54-4)28(20)36(31)49;1-15-9-17(7-8-21(15)38)13-36-20-10-25(47-16(2)30(20)40)48-23-12-35(45,24(39)14-37)11-19-27(23)34(44)29-28(32(19)42)31(41)18-5-4-6-22(46-3)26(18)33(29)43;;;/h5-10,17,22,25-27,32,35,38-40,42-43,45,47-48,50-53H,11-15H2,1-4H3;4-9,16,20,23,25,30,36-38,40,42,44-45H,10-14H2,1-3H3;3*1H4/t17?,22-,25+,26?,27+,32-,35-,38?,39?,40-,41+;16?,20-,23+,25+,30-,35+;;;/m11.../s1. The van der Waals surface area contributed by atoms with E-state index in [9.17, 15) is 100 Å². The van der Waals surface area contributed by atoms with Gasteiger partial charge in [0.25, 0.3) is 0 Å². The first-order valence-corrected chi connectivity index (χ1v) is 34.4. The van der Waals surface area contributed by atoms with Crippen molar-refractivity contribution in [1.29, 1.82) is 0 Å². The monoisotopic (exact) mass is 1520 g/mol. The van der Waals surface area contributed by atoms with Gasteiger partial charge in [-0.25, -0.2) is 0 Å². The number of phenolic OH excluding ortho intramolecular Hbond substituents is 5. The molecule has 0 bridgehead atoms. The maximum Gasteiger partial charge on any atom is 0.229 e. The Hall–Kier alpha value is -8.90. The van der Waals surface area contributed by atoms with Gasteiger partial charge < -0.3 is 120 Å². The van der Waals surface area contributed by atoms with Crippen LogP contribution in [0.5, 0.6) is 46.0 Å². The Kier molecular flexibility index (Phi) is 25.4. The average Bonchev–Trinajstić information content (AvgIpc) is 0.715. The van der Waals surface area contributed by atoms with Crippen LogP contribution in [-0.2, 0) is 59.2 Å². The first-order chi connectivity index (χ1) is 50.3. The van der Waals surface area contributed by atoms with Gasteiger partial charge in [-0.3, -0.25) is 28.8 Å². The number of benzene rings is 6. The SMILES string of the molecule is C.C.C.COc1cccc2c1C(=O)c1c(O)c3c(c(O)c1C2=O)C[C@@](O)(C(=O)CO)C[C@@H]3O[C@H]1C[C@@H](NCc2ccc(O)c(C)c2)[C@H](O)C(C)O1.COc1cccc2c1C(=O)c1c(O)c3c(c(O)c1C2=O)C[C@@](O)(C(C)=O)C[C@@H]3O[C@H]1C[C@@H](NCc2ccc(O[C@@H]3OC(CO)[C@@H](O)C(O)C3O)c(C)c2)[C@H](O)C(C)O1. The number of aryl methyl sites for hydroxylation is 2. The molecule has 0 saturated carbocycles. The van der Waals surface area contributed by atoms with Crippen molar-refractivity contribution < 1.29 is 138 Å². The van der Waals surface area contributed by atoms with E-state index in [-0.39, 0.29) is 103 Å². The summed E-state index contributed by atoms with van der Waals surface area (Å²) in [6.07, 6.45) is -17.5. The van der Waals surface area contributed by atoms with E-state index < -0.39 is 222 Å². The molecular weight excluding hydrogens is 1420 g/mol. The highest BCUT2D eigenvalue weighted by molar-refractivity contribution is 6.32. The van der Waals surface area contributed by atoms with Crippen molar-refractivity contribution >= 4 is 34.7 Å². The number of aliphatic hydroxyl groups is 9. The van der Waals surface area contributed by atoms with Gasteiger partial charge in [-0.2, -0.15) is 0 Å². The van der Waals surface area contributed by atoms with Crippen molar-refractivity contribution in [2.45, 2.75) is 212 Å². The molecule has 0 aromatic heterocycles. The molecule has 3 aliphatic heterocycles. The quantitative estimate of drug-likeness (QED) is 0.0538. The van der Waals surface area contributed by atoms with E-state index in [2.05, 4.69) is 10.6 Å². The predicted molar refractivity (Wildman–Crippen MR) is 386 cm³/mol. The number of nitrogens with one attached hydrogen (secondary N) is 2. The number of fused-ring (bicyclic) bond motifs is 6. The largest absolute Gasteiger partial charge is 0.508 e. The first kappa shape index (κ1) is 84.1. The van der Waals surface area contributed by atoms with Crippen LogP contribution in [0.2, 0.25) is 0 Å². The Morgan fingerprint density at radius 1 is 0.532 bits per heavy atom. The third-order valence-corrected chi connectivity index (χ3v) is 21.2. The molecule has 3 saturated heterocycles. The Balaban J connectivity index is 0.000000248. The molecule has 7 aliphatic rings. The second-order valence-corrected chi connectivity index (χ2v) is 28.0. The van der Waals surface area contributed by atoms with Gasteiger partial charge in [0.05, 0.1) is 90.8 Å². The lowest BCUT2D eigenvalue weighted by molar-refractivity contribution is -0.277. The molecule has 0 spiro atoms. The molecule has 30 nitrogen and oxygen atoms in total. The first-order valence-electron chi connectivity index (χ1n) is 34.4.